The molecule has 0 spiro atoms. The molecular weight excluding hydrogens is 310 g/mol. The molecule has 0 aliphatic carbocycles. The van der Waals surface area contributed by atoms with Crippen molar-refractivity contribution in [3.8, 4) is 0 Å². The first-order valence-electron chi connectivity index (χ1n) is 8.88. The second-order valence-electron chi connectivity index (χ2n) is 6.73. The third-order valence-electron chi connectivity index (χ3n) is 4.57. The summed E-state index contributed by atoms with van der Waals surface area (Å²) < 4.78 is 0. The van der Waals surface area contributed by atoms with Crippen molar-refractivity contribution in [3.63, 3.8) is 0 Å². The number of aryl methyl sites for hydroxylation is 1. The molecule has 4 heteroatoms. The Kier molecular flexibility index (Phi) is 5.29. The Bertz CT molecular complexity index is 897. The van der Waals surface area contributed by atoms with Gasteiger partial charge in [0.2, 0.25) is 0 Å². The minimum atomic E-state index is -0.0872. The molecule has 0 aliphatic rings. The number of aromatic nitrogens is 2. The minimum Gasteiger partial charge on any atom is -0.309 e. The van der Waals surface area contributed by atoms with Gasteiger partial charge in [-0.25, -0.2) is 4.98 Å². The standard InChI is InChI=1S/C21H25N3O/c1-4-15-9-11-16(12-10-15)20(14(2)3)22-13-19-23-18-8-6-5-7-17(18)21(25)24-19/h5-12,14,20,22H,4,13H2,1-3H3,(H,23,24,25)/t20-/m0/s1. The summed E-state index contributed by atoms with van der Waals surface area (Å²) in [4.78, 5) is 19.7. The number of aromatic amines is 1. The maximum absolute atomic E-state index is 12.2. The molecule has 1 atom stereocenters. The number of nitrogens with zero attached hydrogens (tertiary/aromatic N) is 1. The van der Waals surface area contributed by atoms with Gasteiger partial charge in [0.25, 0.3) is 5.56 Å². The first-order valence-corrected chi connectivity index (χ1v) is 8.88. The molecule has 0 amide bonds. The van der Waals surface area contributed by atoms with Gasteiger partial charge in [0.15, 0.2) is 0 Å². The molecule has 1 aromatic heterocycles. The lowest BCUT2D eigenvalue weighted by Gasteiger charge is -2.23. The summed E-state index contributed by atoms with van der Waals surface area (Å²) in [6.45, 7) is 7.08. The van der Waals surface area contributed by atoms with Crippen molar-refractivity contribution in [2.75, 3.05) is 0 Å². The van der Waals surface area contributed by atoms with E-state index in [4.69, 9.17) is 0 Å². The fraction of sp³-hybridized carbons (Fsp3) is 0.333. The minimum absolute atomic E-state index is 0.0872. The summed E-state index contributed by atoms with van der Waals surface area (Å²) in [6, 6.07) is 16.4. The third-order valence-corrected chi connectivity index (χ3v) is 4.57. The Morgan fingerprint density at radius 2 is 1.80 bits per heavy atom. The molecule has 3 rings (SSSR count). The highest BCUT2D eigenvalue weighted by atomic mass is 16.1. The molecule has 0 unspecified atom stereocenters. The Hall–Kier alpha value is -2.46. The fourth-order valence-corrected chi connectivity index (χ4v) is 3.12. The second kappa shape index (κ2) is 7.62. The summed E-state index contributed by atoms with van der Waals surface area (Å²) in [5, 5.41) is 4.18. The van der Waals surface area contributed by atoms with Crippen LogP contribution >= 0.6 is 0 Å². The smallest absolute Gasteiger partial charge is 0.258 e. The van der Waals surface area contributed by atoms with Crippen LogP contribution in [0.2, 0.25) is 0 Å². The van der Waals surface area contributed by atoms with E-state index < -0.39 is 0 Å². The van der Waals surface area contributed by atoms with Crippen molar-refractivity contribution < 1.29 is 0 Å². The molecule has 25 heavy (non-hydrogen) atoms. The lowest BCUT2D eigenvalue weighted by Crippen LogP contribution is -2.27. The lowest BCUT2D eigenvalue weighted by molar-refractivity contribution is 0.406. The Balaban J connectivity index is 1.80. The first-order chi connectivity index (χ1) is 12.1. The van der Waals surface area contributed by atoms with Crippen LogP contribution in [-0.2, 0) is 13.0 Å². The van der Waals surface area contributed by atoms with Gasteiger partial charge in [-0.05, 0) is 35.6 Å². The van der Waals surface area contributed by atoms with E-state index in [1.54, 1.807) is 6.07 Å². The zero-order valence-electron chi connectivity index (χ0n) is 15.0. The van der Waals surface area contributed by atoms with E-state index in [0.29, 0.717) is 23.7 Å². The molecule has 2 aromatic carbocycles. The Morgan fingerprint density at radius 3 is 2.48 bits per heavy atom. The van der Waals surface area contributed by atoms with E-state index in [1.807, 2.05) is 18.2 Å². The number of H-pyrrole nitrogens is 1. The maximum Gasteiger partial charge on any atom is 0.258 e. The average molecular weight is 335 g/mol. The molecule has 0 saturated carbocycles. The zero-order chi connectivity index (χ0) is 17.8. The Morgan fingerprint density at radius 1 is 1.08 bits per heavy atom. The molecule has 130 valence electrons. The molecule has 0 saturated heterocycles. The number of benzene rings is 2. The second-order valence-corrected chi connectivity index (χ2v) is 6.73. The highest BCUT2D eigenvalue weighted by molar-refractivity contribution is 5.77. The van der Waals surface area contributed by atoms with Crippen LogP contribution in [0.3, 0.4) is 0 Å². The van der Waals surface area contributed by atoms with Crippen LogP contribution in [0.25, 0.3) is 10.9 Å². The molecule has 0 aliphatic heterocycles. The molecular formula is C21H25N3O. The molecule has 3 aromatic rings. The molecule has 0 bridgehead atoms. The maximum atomic E-state index is 12.2. The van der Waals surface area contributed by atoms with Gasteiger partial charge in [-0.15, -0.1) is 0 Å². The molecule has 4 nitrogen and oxygen atoms in total. The van der Waals surface area contributed by atoms with E-state index in [9.17, 15) is 4.79 Å². The van der Waals surface area contributed by atoms with E-state index in [1.165, 1.54) is 11.1 Å². The average Bonchev–Trinajstić information content (AvgIpc) is 2.62. The van der Waals surface area contributed by atoms with Crippen LogP contribution in [0.15, 0.2) is 53.3 Å². The number of hydrogen-bond acceptors (Lipinski definition) is 3. The summed E-state index contributed by atoms with van der Waals surface area (Å²) >= 11 is 0. The number of nitrogens with one attached hydrogen (secondary N) is 2. The zero-order valence-corrected chi connectivity index (χ0v) is 15.0. The topological polar surface area (TPSA) is 57.8 Å². The molecule has 0 radical (unpaired) electrons. The largest absolute Gasteiger partial charge is 0.309 e. The number of para-hydroxylation sites is 1. The van der Waals surface area contributed by atoms with Crippen LogP contribution in [0, 0.1) is 5.92 Å². The van der Waals surface area contributed by atoms with Crippen molar-refractivity contribution in [3.05, 3.63) is 75.8 Å². The summed E-state index contributed by atoms with van der Waals surface area (Å²) in [6.07, 6.45) is 1.04. The Labute approximate surface area is 148 Å². The van der Waals surface area contributed by atoms with Crippen LogP contribution in [0.4, 0.5) is 0 Å². The van der Waals surface area contributed by atoms with Crippen molar-refractivity contribution in [1.29, 1.82) is 0 Å². The molecule has 2 N–H and O–H groups in total. The van der Waals surface area contributed by atoms with E-state index in [0.717, 1.165) is 11.9 Å². The van der Waals surface area contributed by atoms with Crippen LogP contribution in [0.5, 0.6) is 0 Å². The van der Waals surface area contributed by atoms with Gasteiger partial charge < -0.3 is 10.3 Å². The lowest BCUT2D eigenvalue weighted by atomic mass is 9.95. The van der Waals surface area contributed by atoms with Gasteiger partial charge in [0, 0.05) is 6.04 Å². The quantitative estimate of drug-likeness (QED) is 0.716. The van der Waals surface area contributed by atoms with Gasteiger partial charge in [-0.1, -0.05) is 57.2 Å². The van der Waals surface area contributed by atoms with Gasteiger partial charge in [0.05, 0.1) is 17.4 Å². The third kappa shape index (κ3) is 3.97. The predicted molar refractivity (Wildman–Crippen MR) is 103 cm³/mol. The van der Waals surface area contributed by atoms with Crippen molar-refractivity contribution in [2.24, 2.45) is 5.92 Å². The predicted octanol–water partition coefficient (Wildman–Crippen LogP) is 3.97. The van der Waals surface area contributed by atoms with Gasteiger partial charge >= 0.3 is 0 Å². The fourth-order valence-electron chi connectivity index (χ4n) is 3.12. The molecule has 1 heterocycles. The summed E-state index contributed by atoms with van der Waals surface area (Å²) in [5.41, 5.74) is 3.24. The van der Waals surface area contributed by atoms with E-state index >= 15 is 0 Å². The number of fused-ring (bicyclic) bond motifs is 1. The highest BCUT2D eigenvalue weighted by Gasteiger charge is 2.16. The van der Waals surface area contributed by atoms with Crippen LogP contribution < -0.4 is 10.9 Å². The van der Waals surface area contributed by atoms with Crippen LogP contribution in [-0.4, -0.2) is 9.97 Å². The molecule has 0 fully saturated rings. The van der Waals surface area contributed by atoms with Gasteiger partial charge in [-0.3, -0.25) is 4.79 Å². The van der Waals surface area contributed by atoms with Gasteiger partial charge in [0.1, 0.15) is 5.82 Å². The monoisotopic (exact) mass is 335 g/mol. The normalized spacial score (nSPS) is 12.6. The van der Waals surface area contributed by atoms with E-state index in [2.05, 4.69) is 60.3 Å². The van der Waals surface area contributed by atoms with Crippen molar-refractivity contribution in [2.45, 2.75) is 39.8 Å². The van der Waals surface area contributed by atoms with Crippen molar-refractivity contribution in [1.82, 2.24) is 15.3 Å². The van der Waals surface area contributed by atoms with Crippen LogP contribution in [0.1, 0.15) is 43.8 Å². The SMILES string of the molecule is CCc1ccc([C@@H](NCc2nc3ccccc3c(=O)[nH]2)C(C)C)cc1. The summed E-state index contributed by atoms with van der Waals surface area (Å²) in [7, 11) is 0. The van der Waals surface area contributed by atoms with Crippen molar-refractivity contribution >= 4 is 10.9 Å². The number of rotatable bonds is 6. The summed E-state index contributed by atoms with van der Waals surface area (Å²) in [5.74, 6) is 1.10. The highest BCUT2D eigenvalue weighted by Crippen LogP contribution is 2.22. The van der Waals surface area contributed by atoms with Gasteiger partial charge in [-0.2, -0.15) is 0 Å². The van der Waals surface area contributed by atoms with E-state index in [-0.39, 0.29) is 11.6 Å². The first kappa shape index (κ1) is 17.4. The number of hydrogen-bond donors (Lipinski definition) is 2.